The lowest BCUT2D eigenvalue weighted by Gasteiger charge is -2.37. The Morgan fingerprint density at radius 1 is 0.806 bits per heavy atom. The summed E-state index contributed by atoms with van der Waals surface area (Å²) in [4.78, 5) is 50.0. The molecule has 1 unspecified atom stereocenters. The first-order valence-electron chi connectivity index (χ1n) is 22.9. The molecule has 12 atom stereocenters. The summed E-state index contributed by atoms with van der Waals surface area (Å²) >= 11 is 0. The average Bonchev–Trinajstić information content (AvgIpc) is 3.23. The molecular formula is C45H77O16P. The van der Waals surface area contributed by atoms with Crippen molar-refractivity contribution in [2.45, 2.75) is 204 Å². The number of aliphatic hydroxyl groups excluding tert-OH is 7. The number of hydrogen-bond acceptors (Lipinski definition) is 15. The van der Waals surface area contributed by atoms with E-state index in [1.54, 1.807) is 0 Å². The van der Waals surface area contributed by atoms with Crippen LogP contribution in [-0.4, -0.2) is 127 Å². The number of unbranched alkanes of at least 4 members (excludes halogenated alkanes) is 8. The fourth-order valence-electron chi connectivity index (χ4n) is 7.55. The monoisotopic (exact) mass is 904 g/mol. The largest absolute Gasteiger partial charge is 0.472 e. The van der Waals surface area contributed by atoms with Gasteiger partial charge in [-0.3, -0.25) is 23.4 Å². The van der Waals surface area contributed by atoms with Crippen molar-refractivity contribution in [1.29, 1.82) is 0 Å². The highest BCUT2D eigenvalue weighted by Gasteiger charge is 2.49. The van der Waals surface area contributed by atoms with Gasteiger partial charge >= 0.3 is 19.8 Å². The molecule has 1 heterocycles. The fourth-order valence-corrected chi connectivity index (χ4v) is 8.52. The van der Waals surface area contributed by atoms with Gasteiger partial charge in [-0.05, 0) is 51.4 Å². The topological polar surface area (TPSA) is 267 Å². The molecule has 2 rings (SSSR count). The molecule has 17 heteroatoms. The molecule has 1 saturated heterocycles. The smallest absolute Gasteiger partial charge is 0.462 e. The number of rotatable bonds is 20. The van der Waals surface area contributed by atoms with Crippen LogP contribution in [0.3, 0.4) is 0 Å². The summed E-state index contributed by atoms with van der Waals surface area (Å²) in [6.07, 6.45) is 5.78. The number of aliphatic hydroxyl groups is 7. The molecule has 0 aromatic carbocycles. The second-order valence-corrected chi connectivity index (χ2v) is 18.1. The van der Waals surface area contributed by atoms with E-state index >= 15 is 0 Å². The Kier molecular flexibility index (Phi) is 28.4. The highest BCUT2D eigenvalue weighted by atomic mass is 31.2. The summed E-state index contributed by atoms with van der Waals surface area (Å²) in [6.45, 7) is 2.73. The van der Waals surface area contributed by atoms with Crippen molar-refractivity contribution in [2.24, 2.45) is 11.8 Å². The van der Waals surface area contributed by atoms with Gasteiger partial charge in [-0.15, -0.1) is 0 Å². The summed E-state index contributed by atoms with van der Waals surface area (Å²) in [6, 6.07) is 0. The number of fused-ring (bicyclic) bond motifs is 4. The molecule has 0 amide bonds. The predicted molar refractivity (Wildman–Crippen MR) is 231 cm³/mol. The van der Waals surface area contributed by atoms with Crippen LogP contribution in [0.5, 0.6) is 0 Å². The van der Waals surface area contributed by atoms with Crippen molar-refractivity contribution in [2.75, 3.05) is 13.2 Å². The number of cyclic esters (lactones) is 1. The number of ether oxygens (including phenoxy) is 2. The Bertz CT molecular complexity index is 1410. The van der Waals surface area contributed by atoms with Crippen molar-refractivity contribution >= 4 is 25.5 Å². The third kappa shape index (κ3) is 22.0. The van der Waals surface area contributed by atoms with Crippen molar-refractivity contribution < 1.29 is 78.1 Å². The van der Waals surface area contributed by atoms with Crippen molar-refractivity contribution in [3.63, 3.8) is 0 Å². The zero-order valence-electron chi connectivity index (χ0n) is 36.9. The van der Waals surface area contributed by atoms with E-state index < -0.39 is 112 Å². The molecule has 358 valence electrons. The van der Waals surface area contributed by atoms with Gasteiger partial charge in [0.15, 0.2) is 6.10 Å². The van der Waals surface area contributed by atoms with Crippen molar-refractivity contribution in [3.8, 4) is 0 Å². The first-order chi connectivity index (χ1) is 29.6. The van der Waals surface area contributed by atoms with Crippen LogP contribution >= 0.6 is 7.82 Å². The minimum Gasteiger partial charge on any atom is -0.462 e. The van der Waals surface area contributed by atoms with Crippen LogP contribution in [0, 0.1) is 11.8 Å². The SMILES string of the molecule is CCC/C=C\C/C=C\CCCCCCCC(=O)OC[C@@H]1COP(=O)(O)O[C@H]2[C@H](O)[C@@H](O)[C@H](O)[C@@H](CCCCCCC(=O)O1)[C@@H](O)CC(=O)[C@H](/C=C/[C@@H](O)CCCCC)[C@@H](O)[C@H]2O. The van der Waals surface area contributed by atoms with Crippen LogP contribution in [0.4, 0.5) is 0 Å². The van der Waals surface area contributed by atoms with Crippen LogP contribution in [0.15, 0.2) is 36.5 Å². The second-order valence-electron chi connectivity index (χ2n) is 16.7. The number of allylic oxidation sites excluding steroid dienone is 4. The van der Waals surface area contributed by atoms with Crippen LogP contribution in [0.25, 0.3) is 0 Å². The maximum absolute atomic E-state index is 13.7. The molecule has 8 N–H and O–H groups in total. The van der Waals surface area contributed by atoms with Crippen LogP contribution in [-0.2, 0) is 37.5 Å². The Labute approximate surface area is 368 Å². The van der Waals surface area contributed by atoms with E-state index in [0.29, 0.717) is 44.9 Å². The molecule has 2 fully saturated rings. The maximum atomic E-state index is 13.7. The quantitative estimate of drug-likeness (QED) is 0.0338. The van der Waals surface area contributed by atoms with Gasteiger partial charge in [-0.25, -0.2) is 4.57 Å². The van der Waals surface area contributed by atoms with Crippen molar-refractivity contribution in [3.05, 3.63) is 36.5 Å². The van der Waals surface area contributed by atoms with E-state index in [2.05, 4.69) is 31.2 Å². The Hall–Kier alpha value is -2.34. The average molecular weight is 905 g/mol. The van der Waals surface area contributed by atoms with Crippen LogP contribution in [0.2, 0.25) is 0 Å². The minimum atomic E-state index is -5.45. The number of esters is 2. The van der Waals surface area contributed by atoms with Crippen LogP contribution < -0.4 is 0 Å². The number of phosphoric acid groups is 1. The number of ketones is 1. The molecular weight excluding hydrogens is 827 g/mol. The van der Waals surface area contributed by atoms with E-state index in [1.165, 1.54) is 6.08 Å². The highest BCUT2D eigenvalue weighted by Crippen LogP contribution is 2.47. The maximum Gasteiger partial charge on any atom is 0.472 e. The molecule has 1 aliphatic heterocycles. The lowest BCUT2D eigenvalue weighted by Crippen LogP contribution is -2.55. The standard InChI is InChI=1S/C45H77O16P/c1-3-5-7-8-9-10-11-12-13-14-15-16-21-25-38(49)58-30-33-31-59-62(56,57)61-45-43(54)41(52)35(28-27-32(46)23-19-6-4-2)37(48)29-36(47)34(40(51)42(53)44(45)55)24-20-17-18-22-26-39(50)60-33/h7-8,10-11,27-28,32-36,40-47,51-55H,3-6,9,12-26,29-31H2,1-2H3,(H,56,57)/b8-7-,11-10-,28-27+/t32-,33+,34-,35-,36-,40+,41+,42-,43+,44+,45+/m0/s1. The van der Waals surface area contributed by atoms with E-state index in [0.717, 1.165) is 70.3 Å². The summed E-state index contributed by atoms with van der Waals surface area (Å²) < 4.78 is 34.6. The fraction of sp³-hybridized carbons (Fsp3) is 0.800. The molecule has 0 radical (unpaired) electrons. The molecule has 0 aromatic heterocycles. The zero-order valence-corrected chi connectivity index (χ0v) is 37.8. The van der Waals surface area contributed by atoms with Crippen LogP contribution in [0.1, 0.15) is 149 Å². The first-order valence-corrected chi connectivity index (χ1v) is 24.4. The highest BCUT2D eigenvalue weighted by molar-refractivity contribution is 7.47. The molecule has 0 aromatic rings. The summed E-state index contributed by atoms with van der Waals surface area (Å²) in [5.74, 6) is -4.98. The summed E-state index contributed by atoms with van der Waals surface area (Å²) in [7, 11) is -5.45. The molecule has 1 aliphatic carbocycles. The lowest BCUT2D eigenvalue weighted by atomic mass is 9.82. The van der Waals surface area contributed by atoms with Gasteiger partial charge in [-0.1, -0.05) is 115 Å². The number of carbonyl (C=O) groups is 3. The Morgan fingerprint density at radius 2 is 1.48 bits per heavy atom. The predicted octanol–water partition coefficient (Wildman–Crippen LogP) is 5.20. The van der Waals surface area contributed by atoms with Gasteiger partial charge in [0, 0.05) is 25.2 Å². The molecule has 2 bridgehead atoms. The van der Waals surface area contributed by atoms with E-state index in [9.17, 15) is 59.6 Å². The van der Waals surface area contributed by atoms with E-state index in [4.69, 9.17) is 18.5 Å². The number of hydrogen-bond donors (Lipinski definition) is 8. The second kappa shape index (κ2) is 31.5. The molecule has 1 saturated carbocycles. The van der Waals surface area contributed by atoms with Gasteiger partial charge in [-0.2, -0.15) is 0 Å². The number of phosphoric ester groups is 1. The summed E-state index contributed by atoms with van der Waals surface area (Å²) in [5.41, 5.74) is 0. The van der Waals surface area contributed by atoms with Gasteiger partial charge < -0.3 is 50.1 Å². The van der Waals surface area contributed by atoms with Crippen molar-refractivity contribution in [1.82, 2.24) is 0 Å². The Morgan fingerprint density at radius 3 is 2.21 bits per heavy atom. The molecule has 16 nitrogen and oxygen atoms in total. The van der Waals surface area contributed by atoms with Gasteiger partial charge in [0.25, 0.3) is 0 Å². The van der Waals surface area contributed by atoms with Gasteiger partial charge in [0.2, 0.25) is 0 Å². The number of carbonyl (C=O) groups excluding carboxylic acids is 3. The third-order valence-electron chi connectivity index (χ3n) is 11.3. The zero-order chi connectivity index (χ0) is 45.9. The van der Waals surface area contributed by atoms with E-state index in [-0.39, 0.29) is 19.3 Å². The minimum absolute atomic E-state index is 0.0290. The van der Waals surface area contributed by atoms with E-state index in [1.807, 2.05) is 6.92 Å². The van der Waals surface area contributed by atoms with Gasteiger partial charge in [0.05, 0.1) is 36.9 Å². The normalized spacial score (nSPS) is 32.2. The number of Topliss-reactive ketones (excluding diaryl/α,β-unsaturated/α-hetero) is 1. The molecule has 62 heavy (non-hydrogen) atoms. The van der Waals surface area contributed by atoms with Gasteiger partial charge in [0.1, 0.15) is 36.8 Å². The third-order valence-corrected chi connectivity index (χ3v) is 12.3. The lowest BCUT2D eigenvalue weighted by molar-refractivity contribution is -0.167. The molecule has 2 aliphatic rings. The Balaban J connectivity index is 2.21. The molecule has 0 spiro atoms. The summed E-state index contributed by atoms with van der Waals surface area (Å²) in [5, 5.41) is 78.3. The first kappa shape index (κ1) is 55.8.